The third kappa shape index (κ3) is 2.00. The van der Waals surface area contributed by atoms with Crippen LogP contribution in [-0.2, 0) is 4.74 Å². The van der Waals surface area contributed by atoms with Crippen LogP contribution in [0.1, 0.15) is 46.5 Å². The molecular weight excluding hydrogens is 224 g/mol. The van der Waals surface area contributed by atoms with Gasteiger partial charge in [0.05, 0.1) is 6.10 Å². The summed E-state index contributed by atoms with van der Waals surface area (Å²) in [6.07, 6.45) is 5.81. The highest BCUT2D eigenvalue weighted by atomic mass is 16.5. The van der Waals surface area contributed by atoms with Crippen molar-refractivity contribution in [1.82, 2.24) is 10.2 Å². The molecule has 3 aliphatic rings. The Morgan fingerprint density at radius 3 is 2.83 bits per heavy atom. The van der Waals surface area contributed by atoms with Gasteiger partial charge in [-0.25, -0.2) is 0 Å². The molecule has 0 aromatic rings. The van der Waals surface area contributed by atoms with E-state index in [4.69, 9.17) is 4.74 Å². The van der Waals surface area contributed by atoms with Crippen molar-refractivity contribution in [1.29, 1.82) is 0 Å². The quantitative estimate of drug-likeness (QED) is 0.828. The number of nitrogens with zero attached hydrogens (tertiary/aromatic N) is 1. The molecule has 3 nitrogen and oxygen atoms in total. The van der Waals surface area contributed by atoms with Gasteiger partial charge in [0, 0.05) is 36.7 Å². The summed E-state index contributed by atoms with van der Waals surface area (Å²) in [5.74, 6) is 0. The maximum absolute atomic E-state index is 5.82. The smallest absolute Gasteiger partial charge is 0.0655 e. The summed E-state index contributed by atoms with van der Waals surface area (Å²) >= 11 is 0. The predicted molar refractivity (Wildman–Crippen MR) is 73.7 cm³/mol. The third-order valence-corrected chi connectivity index (χ3v) is 5.57. The van der Waals surface area contributed by atoms with Crippen LogP contribution < -0.4 is 5.32 Å². The van der Waals surface area contributed by atoms with E-state index in [-0.39, 0.29) is 0 Å². The average Bonchev–Trinajstić information content (AvgIpc) is 2.92. The molecule has 0 aromatic carbocycles. The molecule has 18 heavy (non-hydrogen) atoms. The highest BCUT2D eigenvalue weighted by Crippen LogP contribution is 2.43. The van der Waals surface area contributed by atoms with Crippen LogP contribution in [0.15, 0.2) is 0 Å². The van der Waals surface area contributed by atoms with Gasteiger partial charge in [-0.1, -0.05) is 13.8 Å². The standard InChI is InChI=1S/C15H28N2O/c1-4-18-14-10-13(15(14,2)3)16-11-7-9-17-8-5-6-12(11)17/h11-14,16H,4-10H2,1-3H3. The van der Waals surface area contributed by atoms with Crippen LogP contribution in [0.2, 0.25) is 0 Å². The zero-order chi connectivity index (χ0) is 12.8. The Labute approximate surface area is 111 Å². The topological polar surface area (TPSA) is 24.5 Å². The van der Waals surface area contributed by atoms with Crippen molar-refractivity contribution in [2.24, 2.45) is 5.41 Å². The molecular formula is C15H28N2O. The zero-order valence-electron chi connectivity index (χ0n) is 12.1. The average molecular weight is 252 g/mol. The largest absolute Gasteiger partial charge is 0.378 e. The van der Waals surface area contributed by atoms with Crippen molar-refractivity contribution in [2.75, 3.05) is 19.7 Å². The van der Waals surface area contributed by atoms with E-state index in [0.29, 0.717) is 17.6 Å². The molecule has 0 amide bonds. The molecule has 2 aliphatic heterocycles. The molecule has 2 saturated heterocycles. The van der Waals surface area contributed by atoms with Gasteiger partial charge in [0.1, 0.15) is 0 Å². The molecule has 4 atom stereocenters. The summed E-state index contributed by atoms with van der Waals surface area (Å²) in [4.78, 5) is 2.68. The van der Waals surface area contributed by atoms with Gasteiger partial charge in [-0.3, -0.25) is 4.90 Å². The number of nitrogens with one attached hydrogen (secondary N) is 1. The molecule has 4 unspecified atom stereocenters. The first kappa shape index (κ1) is 12.9. The molecule has 0 bridgehead atoms. The van der Waals surface area contributed by atoms with Crippen LogP contribution in [0.5, 0.6) is 0 Å². The molecule has 3 rings (SSSR count). The normalized spacial score (nSPS) is 42.8. The number of hydrogen-bond acceptors (Lipinski definition) is 3. The van der Waals surface area contributed by atoms with Crippen molar-refractivity contribution < 1.29 is 4.74 Å². The molecule has 1 aliphatic carbocycles. The Hall–Kier alpha value is -0.120. The Kier molecular flexibility index (Phi) is 3.41. The van der Waals surface area contributed by atoms with Gasteiger partial charge in [0.25, 0.3) is 0 Å². The lowest BCUT2D eigenvalue weighted by atomic mass is 9.64. The highest BCUT2D eigenvalue weighted by molar-refractivity contribution is 5.06. The predicted octanol–water partition coefficient (Wildman–Crippen LogP) is 2.02. The van der Waals surface area contributed by atoms with Crippen LogP contribution in [-0.4, -0.2) is 48.8 Å². The van der Waals surface area contributed by atoms with E-state index in [1.54, 1.807) is 0 Å². The van der Waals surface area contributed by atoms with Crippen LogP contribution in [0.3, 0.4) is 0 Å². The van der Waals surface area contributed by atoms with Gasteiger partial charge in [-0.05, 0) is 39.2 Å². The second kappa shape index (κ2) is 4.77. The van der Waals surface area contributed by atoms with Gasteiger partial charge in [0.15, 0.2) is 0 Å². The van der Waals surface area contributed by atoms with E-state index >= 15 is 0 Å². The van der Waals surface area contributed by atoms with Gasteiger partial charge in [-0.15, -0.1) is 0 Å². The molecule has 0 spiro atoms. The maximum atomic E-state index is 5.82. The van der Waals surface area contributed by atoms with Crippen molar-refractivity contribution in [3.8, 4) is 0 Å². The van der Waals surface area contributed by atoms with Gasteiger partial charge in [0.2, 0.25) is 0 Å². The van der Waals surface area contributed by atoms with Crippen molar-refractivity contribution in [2.45, 2.75) is 70.7 Å². The van der Waals surface area contributed by atoms with Crippen LogP contribution in [0.25, 0.3) is 0 Å². The Balaban J connectivity index is 1.55. The Morgan fingerprint density at radius 1 is 1.28 bits per heavy atom. The van der Waals surface area contributed by atoms with Crippen LogP contribution >= 0.6 is 0 Å². The third-order valence-electron chi connectivity index (χ3n) is 5.57. The lowest BCUT2D eigenvalue weighted by Gasteiger charge is -2.53. The lowest BCUT2D eigenvalue weighted by molar-refractivity contribution is -0.116. The summed E-state index contributed by atoms with van der Waals surface area (Å²) < 4.78 is 5.82. The van der Waals surface area contributed by atoms with Crippen molar-refractivity contribution >= 4 is 0 Å². The highest BCUT2D eigenvalue weighted by Gasteiger charge is 2.50. The van der Waals surface area contributed by atoms with E-state index in [0.717, 1.165) is 18.7 Å². The fraction of sp³-hybridized carbons (Fsp3) is 1.00. The fourth-order valence-electron chi connectivity index (χ4n) is 4.19. The zero-order valence-corrected chi connectivity index (χ0v) is 12.1. The minimum Gasteiger partial charge on any atom is -0.378 e. The number of ether oxygens (including phenoxy) is 1. The monoisotopic (exact) mass is 252 g/mol. The Bertz CT molecular complexity index is 305. The second-order valence-electron chi connectivity index (χ2n) is 6.86. The first-order valence-electron chi connectivity index (χ1n) is 7.74. The lowest BCUT2D eigenvalue weighted by Crippen LogP contribution is -2.63. The summed E-state index contributed by atoms with van der Waals surface area (Å²) in [5, 5.41) is 3.94. The molecule has 0 radical (unpaired) electrons. The first-order valence-corrected chi connectivity index (χ1v) is 7.74. The SMILES string of the molecule is CCOC1CC(NC2CCN3CCCC23)C1(C)C. The van der Waals surface area contributed by atoms with E-state index in [1.165, 1.54) is 38.8 Å². The van der Waals surface area contributed by atoms with E-state index < -0.39 is 0 Å². The van der Waals surface area contributed by atoms with Gasteiger partial charge >= 0.3 is 0 Å². The van der Waals surface area contributed by atoms with Gasteiger partial charge < -0.3 is 10.1 Å². The molecule has 104 valence electrons. The number of hydrogen-bond donors (Lipinski definition) is 1. The molecule has 3 heteroatoms. The summed E-state index contributed by atoms with van der Waals surface area (Å²) in [6.45, 7) is 10.3. The summed E-state index contributed by atoms with van der Waals surface area (Å²) in [5.41, 5.74) is 0.308. The number of fused-ring (bicyclic) bond motifs is 1. The van der Waals surface area contributed by atoms with E-state index in [1.807, 2.05) is 0 Å². The summed E-state index contributed by atoms with van der Waals surface area (Å²) in [7, 11) is 0. The second-order valence-corrected chi connectivity index (χ2v) is 6.86. The molecule has 2 heterocycles. The van der Waals surface area contributed by atoms with Crippen LogP contribution in [0, 0.1) is 5.41 Å². The van der Waals surface area contributed by atoms with E-state index in [2.05, 4.69) is 31.0 Å². The van der Waals surface area contributed by atoms with Crippen molar-refractivity contribution in [3.63, 3.8) is 0 Å². The number of rotatable bonds is 4. The van der Waals surface area contributed by atoms with Crippen LogP contribution in [0.4, 0.5) is 0 Å². The first-order chi connectivity index (χ1) is 8.63. The molecule has 1 saturated carbocycles. The Morgan fingerprint density at radius 2 is 2.11 bits per heavy atom. The van der Waals surface area contributed by atoms with Crippen molar-refractivity contribution in [3.05, 3.63) is 0 Å². The fourth-order valence-corrected chi connectivity index (χ4v) is 4.19. The van der Waals surface area contributed by atoms with Gasteiger partial charge in [-0.2, -0.15) is 0 Å². The maximum Gasteiger partial charge on any atom is 0.0655 e. The molecule has 0 aromatic heterocycles. The summed E-state index contributed by atoms with van der Waals surface area (Å²) in [6, 6.07) is 2.21. The molecule has 3 fully saturated rings. The molecule has 1 N–H and O–H groups in total. The minimum atomic E-state index is 0.308. The minimum absolute atomic E-state index is 0.308. The van der Waals surface area contributed by atoms with E-state index in [9.17, 15) is 0 Å².